The molecule has 0 aliphatic rings. The number of sulfonamides is 1. The van der Waals surface area contributed by atoms with Gasteiger partial charge in [0, 0.05) is 19.3 Å². The molecule has 2 heterocycles. The van der Waals surface area contributed by atoms with Crippen LogP contribution in [0.4, 0.5) is 0 Å². The van der Waals surface area contributed by atoms with Crippen molar-refractivity contribution in [3.63, 3.8) is 0 Å². The minimum atomic E-state index is -3.47. The number of pyridine rings is 1. The van der Waals surface area contributed by atoms with Gasteiger partial charge in [-0.3, -0.25) is 4.98 Å². The number of aromatic nitrogens is 1. The summed E-state index contributed by atoms with van der Waals surface area (Å²) in [5.74, 6) is 0. The molecule has 0 bridgehead atoms. The number of nitrogens with zero attached hydrogens (tertiary/aromatic N) is 3. The lowest BCUT2D eigenvalue weighted by molar-refractivity contribution is 0.328. The molecule has 0 fully saturated rings. The highest BCUT2D eigenvalue weighted by Gasteiger charge is 2.25. The topological polar surface area (TPSA) is 53.5 Å². The first-order valence-corrected chi connectivity index (χ1v) is 8.90. The van der Waals surface area contributed by atoms with Gasteiger partial charge in [-0.2, -0.15) is 4.31 Å². The van der Waals surface area contributed by atoms with E-state index in [0.29, 0.717) is 17.3 Å². The summed E-state index contributed by atoms with van der Waals surface area (Å²) in [4.78, 5) is 6.19. The van der Waals surface area contributed by atoms with Gasteiger partial charge in [0.15, 0.2) is 0 Å². The van der Waals surface area contributed by atoms with Crippen LogP contribution in [0, 0.1) is 0 Å². The summed E-state index contributed by atoms with van der Waals surface area (Å²) in [5.41, 5.74) is 0.747. The van der Waals surface area contributed by atoms with Crippen LogP contribution in [0.25, 0.3) is 0 Å². The lowest BCUT2D eigenvalue weighted by atomic mass is 10.3. The van der Waals surface area contributed by atoms with Crippen LogP contribution in [-0.2, 0) is 16.6 Å². The Morgan fingerprint density at radius 2 is 1.95 bits per heavy atom. The summed E-state index contributed by atoms with van der Waals surface area (Å²) < 4.78 is 27.3. The predicted molar refractivity (Wildman–Crippen MR) is 84.7 cm³/mol. The van der Waals surface area contributed by atoms with Crippen molar-refractivity contribution in [2.24, 2.45) is 0 Å². The fraction of sp³-hybridized carbons (Fsp3) is 0.357. The molecule has 0 saturated carbocycles. The summed E-state index contributed by atoms with van der Waals surface area (Å²) in [5, 5.41) is 1.78. The number of thiophene rings is 1. The zero-order valence-electron chi connectivity index (χ0n) is 12.1. The molecule has 0 amide bonds. The van der Waals surface area contributed by atoms with Crippen LogP contribution in [0.2, 0.25) is 0 Å². The maximum Gasteiger partial charge on any atom is 0.252 e. The average Bonchev–Trinajstić information content (AvgIpc) is 2.99. The van der Waals surface area contributed by atoms with E-state index in [1.165, 1.54) is 15.6 Å². The van der Waals surface area contributed by atoms with E-state index in [1.807, 2.05) is 37.2 Å². The summed E-state index contributed by atoms with van der Waals surface area (Å²) in [6, 6.07) is 8.92. The van der Waals surface area contributed by atoms with E-state index in [2.05, 4.69) is 4.98 Å². The fourth-order valence-electron chi connectivity index (χ4n) is 1.81. The van der Waals surface area contributed by atoms with Crippen LogP contribution in [0.3, 0.4) is 0 Å². The molecular formula is C14H19N3O2S2. The van der Waals surface area contributed by atoms with Crippen LogP contribution in [0.15, 0.2) is 46.1 Å². The normalized spacial score (nSPS) is 12.2. The largest absolute Gasteiger partial charge is 0.308 e. The van der Waals surface area contributed by atoms with Gasteiger partial charge in [0.25, 0.3) is 10.0 Å². The highest BCUT2D eigenvalue weighted by atomic mass is 32.2. The summed E-state index contributed by atoms with van der Waals surface area (Å²) >= 11 is 1.24. The van der Waals surface area contributed by atoms with Gasteiger partial charge < -0.3 is 4.90 Å². The van der Waals surface area contributed by atoms with E-state index in [0.717, 1.165) is 5.69 Å². The van der Waals surface area contributed by atoms with E-state index in [1.54, 1.807) is 23.7 Å². The second-order valence-corrected chi connectivity index (χ2v) is 8.01. The molecule has 0 radical (unpaired) electrons. The molecule has 2 aromatic heterocycles. The van der Waals surface area contributed by atoms with E-state index in [4.69, 9.17) is 0 Å². The van der Waals surface area contributed by atoms with Crippen molar-refractivity contribution >= 4 is 21.4 Å². The van der Waals surface area contributed by atoms with Crippen LogP contribution in [-0.4, -0.2) is 49.8 Å². The lowest BCUT2D eigenvalue weighted by Crippen LogP contribution is -2.36. The molecule has 2 aromatic rings. The molecule has 0 aliphatic heterocycles. The van der Waals surface area contributed by atoms with E-state index >= 15 is 0 Å². The standard InChI is InChI=1S/C14H19N3O2S2/c1-16(2)9-10-17(12-13-6-3-4-8-15-13)21(18,19)14-7-5-11-20-14/h3-8,11H,9-10,12H2,1-2H3. The van der Waals surface area contributed by atoms with Gasteiger partial charge in [0.1, 0.15) is 4.21 Å². The molecule has 5 nitrogen and oxygen atoms in total. The molecule has 0 N–H and O–H groups in total. The molecule has 0 aliphatic carbocycles. The van der Waals surface area contributed by atoms with E-state index < -0.39 is 10.0 Å². The maximum absolute atomic E-state index is 12.7. The lowest BCUT2D eigenvalue weighted by Gasteiger charge is -2.22. The molecule has 0 spiro atoms. The summed E-state index contributed by atoms with van der Waals surface area (Å²) in [7, 11) is 0.388. The van der Waals surface area contributed by atoms with Crippen LogP contribution < -0.4 is 0 Å². The molecule has 21 heavy (non-hydrogen) atoms. The average molecular weight is 325 g/mol. The monoisotopic (exact) mass is 325 g/mol. The van der Waals surface area contributed by atoms with Crippen molar-refractivity contribution in [3.8, 4) is 0 Å². The second-order valence-electron chi connectivity index (χ2n) is 4.90. The van der Waals surface area contributed by atoms with E-state index in [9.17, 15) is 8.42 Å². The van der Waals surface area contributed by atoms with Gasteiger partial charge in [-0.25, -0.2) is 8.42 Å². The summed E-state index contributed by atoms with van der Waals surface area (Å²) in [6.45, 7) is 1.39. The molecule has 0 unspecified atom stereocenters. The molecule has 0 aromatic carbocycles. The first kappa shape index (κ1) is 16.1. The summed E-state index contributed by atoms with van der Waals surface area (Å²) in [6.07, 6.45) is 1.68. The molecule has 0 saturated heterocycles. The Morgan fingerprint density at radius 3 is 2.52 bits per heavy atom. The van der Waals surface area contributed by atoms with Gasteiger partial charge in [0.05, 0.1) is 12.2 Å². The third-order valence-electron chi connectivity index (χ3n) is 2.95. The molecule has 2 rings (SSSR count). The smallest absolute Gasteiger partial charge is 0.252 e. The number of hydrogen-bond donors (Lipinski definition) is 0. The number of rotatable bonds is 7. The van der Waals surface area contributed by atoms with Crippen molar-refractivity contribution in [1.82, 2.24) is 14.2 Å². The Balaban J connectivity index is 2.23. The fourth-order valence-corrected chi connectivity index (χ4v) is 4.35. The minimum absolute atomic E-state index is 0.287. The van der Waals surface area contributed by atoms with Crippen molar-refractivity contribution in [2.45, 2.75) is 10.8 Å². The molecule has 7 heteroatoms. The number of hydrogen-bond acceptors (Lipinski definition) is 5. The first-order valence-electron chi connectivity index (χ1n) is 6.58. The highest BCUT2D eigenvalue weighted by Crippen LogP contribution is 2.22. The minimum Gasteiger partial charge on any atom is -0.308 e. The Hall–Kier alpha value is -1.28. The zero-order valence-corrected chi connectivity index (χ0v) is 13.8. The van der Waals surface area contributed by atoms with Gasteiger partial charge >= 0.3 is 0 Å². The Labute approximate surface area is 129 Å². The highest BCUT2D eigenvalue weighted by molar-refractivity contribution is 7.91. The SMILES string of the molecule is CN(C)CCN(Cc1ccccn1)S(=O)(=O)c1cccs1. The van der Waals surface area contributed by atoms with Crippen LogP contribution in [0.1, 0.15) is 5.69 Å². The Morgan fingerprint density at radius 1 is 1.14 bits per heavy atom. The quantitative estimate of drug-likeness (QED) is 0.780. The van der Waals surface area contributed by atoms with E-state index in [-0.39, 0.29) is 6.54 Å². The predicted octanol–water partition coefficient (Wildman–Crippen LogP) is 1.90. The molecule has 0 atom stereocenters. The van der Waals surface area contributed by atoms with Crippen LogP contribution in [0.5, 0.6) is 0 Å². The Kier molecular flexibility index (Phi) is 5.46. The molecule has 114 valence electrons. The molecular weight excluding hydrogens is 306 g/mol. The first-order chi connectivity index (χ1) is 10.00. The maximum atomic E-state index is 12.7. The van der Waals surface area contributed by atoms with Crippen molar-refractivity contribution in [3.05, 3.63) is 47.6 Å². The third kappa shape index (κ3) is 4.34. The van der Waals surface area contributed by atoms with Gasteiger partial charge in [-0.05, 0) is 37.7 Å². The van der Waals surface area contributed by atoms with Crippen molar-refractivity contribution < 1.29 is 8.42 Å². The van der Waals surface area contributed by atoms with Gasteiger partial charge in [-0.1, -0.05) is 12.1 Å². The number of likely N-dealkylation sites (N-methyl/N-ethyl adjacent to an activating group) is 1. The second kappa shape index (κ2) is 7.13. The van der Waals surface area contributed by atoms with Gasteiger partial charge in [-0.15, -0.1) is 11.3 Å². The van der Waals surface area contributed by atoms with Crippen LogP contribution >= 0.6 is 11.3 Å². The van der Waals surface area contributed by atoms with Gasteiger partial charge in [0.2, 0.25) is 0 Å². The van der Waals surface area contributed by atoms with Crippen molar-refractivity contribution in [1.29, 1.82) is 0 Å². The zero-order chi connectivity index (χ0) is 15.3. The Bertz CT molecular complexity index is 640. The van der Waals surface area contributed by atoms with Crippen molar-refractivity contribution in [2.75, 3.05) is 27.2 Å². The third-order valence-corrected chi connectivity index (χ3v) is 6.17.